The van der Waals surface area contributed by atoms with Gasteiger partial charge in [-0.05, 0) is 49.2 Å². The van der Waals surface area contributed by atoms with E-state index in [0.717, 1.165) is 32.5 Å². The number of anilines is 1. The zero-order valence-electron chi connectivity index (χ0n) is 21.8. The third-order valence-electron chi connectivity index (χ3n) is 7.16. The third kappa shape index (κ3) is 4.72. The van der Waals surface area contributed by atoms with Crippen LogP contribution in [0.2, 0.25) is 0 Å². The van der Waals surface area contributed by atoms with E-state index in [1.807, 2.05) is 13.8 Å². The number of amides is 1. The molecule has 1 amide bonds. The summed E-state index contributed by atoms with van der Waals surface area (Å²) in [6, 6.07) is 8.27. The van der Waals surface area contributed by atoms with Crippen molar-refractivity contribution < 1.29 is 18.7 Å². The summed E-state index contributed by atoms with van der Waals surface area (Å²) in [5.41, 5.74) is 3.36. The van der Waals surface area contributed by atoms with Gasteiger partial charge in [0.1, 0.15) is 18.4 Å². The minimum atomic E-state index is -0.342. The molecule has 10 heteroatoms. The molecule has 2 aromatic carbocycles. The number of ether oxygens (including phenoxy) is 2. The van der Waals surface area contributed by atoms with Gasteiger partial charge in [0.2, 0.25) is 5.91 Å². The Morgan fingerprint density at radius 2 is 2.05 bits per heavy atom. The smallest absolute Gasteiger partial charge is 0.350 e. The lowest BCUT2D eigenvalue weighted by molar-refractivity contribution is -0.126. The van der Waals surface area contributed by atoms with Gasteiger partial charge in [-0.25, -0.2) is 9.18 Å². The van der Waals surface area contributed by atoms with Crippen molar-refractivity contribution in [3.8, 4) is 11.1 Å². The van der Waals surface area contributed by atoms with Crippen LogP contribution in [-0.4, -0.2) is 72.3 Å². The number of aromatic nitrogens is 2. The average Bonchev–Trinajstić information content (AvgIpc) is 2.91. The van der Waals surface area contributed by atoms with E-state index in [9.17, 15) is 14.0 Å². The van der Waals surface area contributed by atoms with Crippen molar-refractivity contribution in [3.63, 3.8) is 0 Å². The maximum atomic E-state index is 13.7. The highest BCUT2D eigenvalue weighted by molar-refractivity contribution is 7.99. The van der Waals surface area contributed by atoms with Gasteiger partial charge in [0, 0.05) is 54.4 Å². The predicted octanol–water partition coefficient (Wildman–Crippen LogP) is 4.00. The van der Waals surface area contributed by atoms with Gasteiger partial charge in [0.25, 0.3) is 0 Å². The van der Waals surface area contributed by atoms with Gasteiger partial charge >= 0.3 is 5.69 Å². The van der Waals surface area contributed by atoms with Crippen LogP contribution in [0.5, 0.6) is 0 Å². The summed E-state index contributed by atoms with van der Waals surface area (Å²) < 4.78 is 26.2. The second-order valence-corrected chi connectivity index (χ2v) is 10.7. The molecule has 2 aliphatic heterocycles. The Morgan fingerprint density at radius 1 is 1.29 bits per heavy atom. The number of hydrogen-bond donors (Lipinski definition) is 0. The van der Waals surface area contributed by atoms with Gasteiger partial charge < -0.3 is 19.3 Å². The van der Waals surface area contributed by atoms with Gasteiger partial charge in [-0.3, -0.25) is 9.36 Å². The second-order valence-electron chi connectivity index (χ2n) is 9.66. The fourth-order valence-corrected chi connectivity index (χ4v) is 6.78. The predicted molar refractivity (Wildman–Crippen MR) is 147 cm³/mol. The number of methoxy groups -OCH3 is 1. The lowest BCUT2D eigenvalue weighted by Crippen LogP contribution is -2.54. The Bertz CT molecular complexity index is 1440. The molecule has 0 aliphatic carbocycles. The molecule has 5 rings (SSSR count). The highest BCUT2D eigenvalue weighted by Gasteiger charge is 2.33. The summed E-state index contributed by atoms with van der Waals surface area (Å²) in [6.45, 7) is 9.70. The standard InChI is InChI=1S/C28H31FN4O4S/c1-5-23(34)31-10-11-32(18(3)13-31)27-22-12-17(2)24(19-6-8-20(29)9-7-19)26-25(22)33(28(35)30-27)21(15-38-26)14-37-16-36-4/h5-9,12,18,21H,1,10-11,13-16H2,2-4H3/t18-,21-/m0/s1. The quantitative estimate of drug-likeness (QED) is 0.256. The Kier molecular flexibility index (Phi) is 7.56. The van der Waals surface area contributed by atoms with Crippen molar-refractivity contribution in [2.24, 2.45) is 0 Å². The molecule has 0 unspecified atom stereocenters. The van der Waals surface area contributed by atoms with Crippen molar-refractivity contribution in [1.82, 2.24) is 14.5 Å². The molecule has 38 heavy (non-hydrogen) atoms. The Balaban J connectivity index is 1.69. The molecule has 200 valence electrons. The number of aryl methyl sites for hydroxylation is 1. The second kappa shape index (κ2) is 10.9. The molecule has 8 nitrogen and oxygen atoms in total. The van der Waals surface area contributed by atoms with Gasteiger partial charge in [-0.1, -0.05) is 18.7 Å². The van der Waals surface area contributed by atoms with Crippen LogP contribution in [0.15, 0.2) is 52.7 Å². The maximum Gasteiger partial charge on any atom is 0.350 e. The highest BCUT2D eigenvalue weighted by atomic mass is 32.2. The van der Waals surface area contributed by atoms with Crippen LogP contribution in [0.4, 0.5) is 10.2 Å². The lowest BCUT2D eigenvalue weighted by Gasteiger charge is -2.41. The first-order valence-electron chi connectivity index (χ1n) is 12.6. The Hall–Kier alpha value is -3.21. The van der Waals surface area contributed by atoms with E-state index in [4.69, 9.17) is 9.47 Å². The van der Waals surface area contributed by atoms with Crippen molar-refractivity contribution in [3.05, 3.63) is 64.9 Å². The molecule has 3 heterocycles. The monoisotopic (exact) mass is 538 g/mol. The van der Waals surface area contributed by atoms with Gasteiger partial charge in [-0.15, -0.1) is 11.8 Å². The summed E-state index contributed by atoms with van der Waals surface area (Å²) in [6.07, 6.45) is 1.33. The molecule has 0 saturated carbocycles. The average molecular weight is 539 g/mol. The van der Waals surface area contributed by atoms with E-state index >= 15 is 0 Å². The molecule has 0 N–H and O–H groups in total. The minimum Gasteiger partial charge on any atom is -0.359 e. The van der Waals surface area contributed by atoms with Crippen LogP contribution in [0.1, 0.15) is 18.5 Å². The number of nitrogens with zero attached hydrogens (tertiary/aromatic N) is 4. The summed E-state index contributed by atoms with van der Waals surface area (Å²) >= 11 is 1.67. The number of hydrogen-bond acceptors (Lipinski definition) is 7. The van der Waals surface area contributed by atoms with Crippen LogP contribution in [0.3, 0.4) is 0 Å². The van der Waals surface area contributed by atoms with Gasteiger partial charge in [-0.2, -0.15) is 4.98 Å². The van der Waals surface area contributed by atoms with Crippen LogP contribution >= 0.6 is 11.8 Å². The normalized spacial score (nSPS) is 19.2. The third-order valence-corrected chi connectivity index (χ3v) is 8.39. The first kappa shape index (κ1) is 26.4. The first-order chi connectivity index (χ1) is 18.3. The fraction of sp³-hybridized carbons (Fsp3) is 0.393. The fourth-order valence-electron chi connectivity index (χ4n) is 5.41. The largest absolute Gasteiger partial charge is 0.359 e. The minimum absolute atomic E-state index is 0.0458. The summed E-state index contributed by atoms with van der Waals surface area (Å²) in [7, 11) is 1.56. The zero-order valence-corrected chi connectivity index (χ0v) is 22.6. The molecule has 2 aliphatic rings. The number of piperazine rings is 1. The van der Waals surface area contributed by atoms with Crippen molar-refractivity contribution in [2.75, 3.05) is 50.8 Å². The summed E-state index contributed by atoms with van der Waals surface area (Å²) in [4.78, 5) is 35.3. The van der Waals surface area contributed by atoms with E-state index in [1.165, 1.54) is 18.2 Å². The molecule has 2 atom stereocenters. The first-order valence-corrected chi connectivity index (χ1v) is 13.6. The number of thioether (sulfide) groups is 1. The number of carbonyl (C=O) groups is 1. The number of halogens is 1. The van der Waals surface area contributed by atoms with Crippen LogP contribution in [0.25, 0.3) is 22.0 Å². The lowest BCUT2D eigenvalue weighted by atomic mass is 9.97. The molecule has 1 aromatic heterocycles. The topological polar surface area (TPSA) is 76.9 Å². The number of benzene rings is 2. The van der Waals surface area contributed by atoms with Crippen LogP contribution < -0.4 is 10.6 Å². The molecule has 3 aromatic rings. The van der Waals surface area contributed by atoms with Crippen molar-refractivity contribution in [1.29, 1.82) is 0 Å². The molecular weight excluding hydrogens is 507 g/mol. The molecule has 0 spiro atoms. The van der Waals surface area contributed by atoms with Crippen LogP contribution in [-0.2, 0) is 14.3 Å². The zero-order chi connectivity index (χ0) is 27.0. The van der Waals surface area contributed by atoms with E-state index in [2.05, 4.69) is 22.5 Å². The van der Waals surface area contributed by atoms with E-state index < -0.39 is 0 Å². The van der Waals surface area contributed by atoms with E-state index in [1.54, 1.807) is 40.5 Å². The van der Waals surface area contributed by atoms with E-state index in [-0.39, 0.29) is 36.3 Å². The van der Waals surface area contributed by atoms with Gasteiger partial charge in [0.05, 0.1) is 18.2 Å². The van der Waals surface area contributed by atoms with Crippen LogP contribution in [0, 0.1) is 12.7 Å². The maximum absolute atomic E-state index is 13.7. The molecular formula is C28H31FN4O4S. The summed E-state index contributed by atoms with van der Waals surface area (Å²) in [5.74, 6) is 0.851. The Labute approximate surface area is 225 Å². The van der Waals surface area contributed by atoms with Crippen molar-refractivity contribution in [2.45, 2.75) is 30.8 Å². The SMILES string of the molecule is C=CC(=O)N1CCN(c2nc(=O)n3c4c(c(-c5ccc(F)cc5)c(C)cc24)SC[C@@H]3COCOC)[C@@H](C)C1. The molecule has 1 saturated heterocycles. The van der Waals surface area contributed by atoms with Crippen molar-refractivity contribution >= 4 is 34.4 Å². The molecule has 1 fully saturated rings. The Morgan fingerprint density at radius 3 is 2.74 bits per heavy atom. The van der Waals surface area contributed by atoms with Gasteiger partial charge in [0.15, 0.2) is 0 Å². The highest BCUT2D eigenvalue weighted by Crippen LogP contribution is 2.46. The van der Waals surface area contributed by atoms with E-state index in [0.29, 0.717) is 37.8 Å². The number of carbonyl (C=O) groups excluding carboxylic acids is 1. The number of rotatable bonds is 7. The molecule has 0 bridgehead atoms. The molecule has 0 radical (unpaired) electrons. The summed E-state index contributed by atoms with van der Waals surface area (Å²) in [5, 5.41) is 0.877.